The van der Waals surface area contributed by atoms with Gasteiger partial charge in [-0.2, -0.15) is 0 Å². The lowest BCUT2D eigenvalue weighted by molar-refractivity contribution is -0.121. The molecule has 0 radical (unpaired) electrons. The lowest BCUT2D eigenvalue weighted by Gasteiger charge is -2.16. The number of methoxy groups -OCH3 is 1. The molecule has 0 saturated carbocycles. The summed E-state index contributed by atoms with van der Waals surface area (Å²) in [4.78, 5) is 11.9. The molecule has 0 heterocycles. The van der Waals surface area contributed by atoms with Crippen LogP contribution in [0, 0.1) is 0 Å². The van der Waals surface area contributed by atoms with Gasteiger partial charge in [0, 0.05) is 13.0 Å². The quantitative estimate of drug-likeness (QED) is 0.768. The van der Waals surface area contributed by atoms with E-state index in [1.807, 2.05) is 24.3 Å². The Bertz CT molecular complexity index is 401. The van der Waals surface area contributed by atoms with Crippen molar-refractivity contribution in [2.24, 2.45) is 0 Å². The Balaban J connectivity index is 2.50. The van der Waals surface area contributed by atoms with Crippen molar-refractivity contribution in [3.63, 3.8) is 0 Å². The number of carbonyl (C=O) groups is 1. The van der Waals surface area contributed by atoms with Crippen molar-refractivity contribution in [1.82, 2.24) is 5.32 Å². The third kappa shape index (κ3) is 5.61. The van der Waals surface area contributed by atoms with E-state index in [4.69, 9.17) is 9.84 Å². The Morgan fingerprint density at radius 1 is 1.35 bits per heavy atom. The van der Waals surface area contributed by atoms with Crippen LogP contribution in [0.15, 0.2) is 24.3 Å². The molecule has 20 heavy (non-hydrogen) atoms. The molecule has 0 fully saturated rings. The van der Waals surface area contributed by atoms with E-state index in [2.05, 4.69) is 12.2 Å². The number of aliphatic hydroxyl groups is 1. The normalized spacial score (nSPS) is 13.6. The SMILES string of the molecule is CCC(CC(=O)NCCC(C)O)c1ccc(OC)cc1. The molecule has 0 aliphatic carbocycles. The van der Waals surface area contributed by atoms with Gasteiger partial charge in [0.05, 0.1) is 13.2 Å². The predicted octanol–water partition coefficient (Wildman–Crippen LogP) is 2.47. The number of benzene rings is 1. The summed E-state index contributed by atoms with van der Waals surface area (Å²) in [6.07, 6.45) is 1.60. The van der Waals surface area contributed by atoms with E-state index in [1.54, 1.807) is 14.0 Å². The summed E-state index contributed by atoms with van der Waals surface area (Å²) in [6.45, 7) is 4.33. The third-order valence-electron chi connectivity index (χ3n) is 3.40. The molecule has 0 aromatic heterocycles. The van der Waals surface area contributed by atoms with Crippen molar-refractivity contribution in [3.05, 3.63) is 29.8 Å². The van der Waals surface area contributed by atoms with Crippen molar-refractivity contribution >= 4 is 5.91 Å². The first-order valence-electron chi connectivity index (χ1n) is 7.15. The van der Waals surface area contributed by atoms with Crippen LogP contribution in [0.1, 0.15) is 44.6 Å². The zero-order valence-corrected chi connectivity index (χ0v) is 12.6. The number of hydrogen-bond donors (Lipinski definition) is 2. The first kappa shape index (κ1) is 16.5. The summed E-state index contributed by atoms with van der Waals surface area (Å²) in [6, 6.07) is 7.86. The molecule has 0 bridgehead atoms. The molecule has 4 nitrogen and oxygen atoms in total. The first-order valence-corrected chi connectivity index (χ1v) is 7.15. The van der Waals surface area contributed by atoms with E-state index in [9.17, 15) is 4.79 Å². The number of amides is 1. The maximum Gasteiger partial charge on any atom is 0.220 e. The average molecular weight is 279 g/mol. The summed E-state index contributed by atoms with van der Waals surface area (Å²) in [5, 5.41) is 12.0. The second-order valence-electron chi connectivity index (χ2n) is 5.07. The molecule has 1 aromatic rings. The molecule has 112 valence electrons. The van der Waals surface area contributed by atoms with Crippen LogP contribution >= 0.6 is 0 Å². The Hall–Kier alpha value is -1.55. The molecule has 2 atom stereocenters. The van der Waals surface area contributed by atoms with Gasteiger partial charge in [0.15, 0.2) is 0 Å². The number of nitrogens with one attached hydrogen (secondary N) is 1. The predicted molar refractivity (Wildman–Crippen MR) is 80.0 cm³/mol. The van der Waals surface area contributed by atoms with Crippen LogP contribution < -0.4 is 10.1 Å². The minimum Gasteiger partial charge on any atom is -0.497 e. The van der Waals surface area contributed by atoms with Gasteiger partial charge in [0.2, 0.25) is 5.91 Å². The lowest BCUT2D eigenvalue weighted by Crippen LogP contribution is -2.27. The standard InChI is InChI=1S/C16H25NO3/c1-4-13(11-16(19)17-10-9-12(2)18)14-5-7-15(20-3)8-6-14/h5-8,12-13,18H,4,9-11H2,1-3H3,(H,17,19). The Labute approximate surface area is 121 Å². The van der Waals surface area contributed by atoms with E-state index in [1.165, 1.54) is 0 Å². The van der Waals surface area contributed by atoms with Crippen LogP contribution in [0.4, 0.5) is 0 Å². The molecule has 0 saturated heterocycles. The van der Waals surface area contributed by atoms with Gasteiger partial charge < -0.3 is 15.2 Å². The first-order chi connectivity index (χ1) is 9.56. The molecule has 1 rings (SSSR count). The number of rotatable bonds is 8. The van der Waals surface area contributed by atoms with Crippen LogP contribution in [0.2, 0.25) is 0 Å². The van der Waals surface area contributed by atoms with Gasteiger partial charge in [-0.3, -0.25) is 4.79 Å². The number of hydrogen-bond acceptors (Lipinski definition) is 3. The second-order valence-corrected chi connectivity index (χ2v) is 5.07. The second kappa shape index (κ2) is 8.59. The van der Waals surface area contributed by atoms with Crippen molar-refractivity contribution in [3.8, 4) is 5.75 Å². The van der Waals surface area contributed by atoms with E-state index < -0.39 is 0 Å². The molecular formula is C16H25NO3. The monoisotopic (exact) mass is 279 g/mol. The molecule has 0 spiro atoms. The smallest absolute Gasteiger partial charge is 0.220 e. The molecule has 1 aromatic carbocycles. The topological polar surface area (TPSA) is 58.6 Å². The molecule has 4 heteroatoms. The molecule has 2 N–H and O–H groups in total. The van der Waals surface area contributed by atoms with Crippen molar-refractivity contribution in [1.29, 1.82) is 0 Å². The van der Waals surface area contributed by atoms with Crippen molar-refractivity contribution < 1.29 is 14.6 Å². The van der Waals surface area contributed by atoms with E-state index in [-0.39, 0.29) is 17.9 Å². The Morgan fingerprint density at radius 2 is 2.00 bits per heavy atom. The summed E-state index contributed by atoms with van der Waals surface area (Å²) >= 11 is 0. The van der Waals surface area contributed by atoms with Gasteiger partial charge in [0.1, 0.15) is 5.75 Å². The maximum atomic E-state index is 11.9. The fourth-order valence-corrected chi connectivity index (χ4v) is 2.09. The van der Waals surface area contributed by atoms with Crippen LogP contribution in [-0.2, 0) is 4.79 Å². The average Bonchev–Trinajstić information content (AvgIpc) is 2.44. The fourth-order valence-electron chi connectivity index (χ4n) is 2.09. The van der Waals surface area contributed by atoms with Gasteiger partial charge >= 0.3 is 0 Å². The highest BCUT2D eigenvalue weighted by atomic mass is 16.5. The molecule has 2 unspecified atom stereocenters. The summed E-state index contributed by atoms with van der Waals surface area (Å²) < 4.78 is 5.14. The van der Waals surface area contributed by atoms with Crippen LogP contribution in [0.5, 0.6) is 5.75 Å². The van der Waals surface area contributed by atoms with Crippen LogP contribution in [0.3, 0.4) is 0 Å². The van der Waals surface area contributed by atoms with E-state index >= 15 is 0 Å². The maximum absolute atomic E-state index is 11.9. The van der Waals surface area contributed by atoms with Gasteiger partial charge in [-0.25, -0.2) is 0 Å². The zero-order chi connectivity index (χ0) is 15.0. The fraction of sp³-hybridized carbons (Fsp3) is 0.562. The van der Waals surface area contributed by atoms with Crippen LogP contribution in [0.25, 0.3) is 0 Å². The summed E-state index contributed by atoms with van der Waals surface area (Å²) in [7, 11) is 1.64. The van der Waals surface area contributed by atoms with Crippen LogP contribution in [-0.4, -0.2) is 30.8 Å². The van der Waals surface area contributed by atoms with Gasteiger partial charge in [0.25, 0.3) is 0 Å². The van der Waals surface area contributed by atoms with Gasteiger partial charge in [-0.05, 0) is 43.4 Å². The van der Waals surface area contributed by atoms with E-state index in [0.29, 0.717) is 19.4 Å². The highest BCUT2D eigenvalue weighted by Gasteiger charge is 2.14. The third-order valence-corrected chi connectivity index (χ3v) is 3.40. The Kier molecular flexibility index (Phi) is 7.09. The number of ether oxygens (including phenoxy) is 1. The number of carbonyl (C=O) groups excluding carboxylic acids is 1. The molecule has 1 amide bonds. The molecule has 0 aliphatic rings. The highest BCUT2D eigenvalue weighted by molar-refractivity contribution is 5.76. The summed E-state index contributed by atoms with van der Waals surface area (Å²) in [5.41, 5.74) is 1.15. The van der Waals surface area contributed by atoms with Crippen molar-refractivity contribution in [2.45, 2.75) is 45.1 Å². The van der Waals surface area contributed by atoms with E-state index in [0.717, 1.165) is 17.7 Å². The zero-order valence-electron chi connectivity index (χ0n) is 12.6. The molecular weight excluding hydrogens is 254 g/mol. The van der Waals surface area contributed by atoms with Gasteiger partial charge in [-0.15, -0.1) is 0 Å². The Morgan fingerprint density at radius 3 is 2.50 bits per heavy atom. The molecule has 0 aliphatic heterocycles. The number of aliphatic hydroxyl groups excluding tert-OH is 1. The highest BCUT2D eigenvalue weighted by Crippen LogP contribution is 2.25. The minimum absolute atomic E-state index is 0.0355. The summed E-state index contributed by atoms with van der Waals surface area (Å²) in [5.74, 6) is 1.07. The van der Waals surface area contributed by atoms with Crippen molar-refractivity contribution in [2.75, 3.05) is 13.7 Å². The lowest BCUT2D eigenvalue weighted by atomic mass is 9.93. The largest absolute Gasteiger partial charge is 0.497 e. The minimum atomic E-state index is -0.376. The van der Waals surface area contributed by atoms with Gasteiger partial charge in [-0.1, -0.05) is 19.1 Å².